The van der Waals surface area contributed by atoms with Gasteiger partial charge in [0, 0.05) is 25.2 Å². The summed E-state index contributed by atoms with van der Waals surface area (Å²) in [5, 5.41) is 5.41. The van der Waals surface area contributed by atoms with Crippen molar-refractivity contribution in [1.29, 1.82) is 0 Å². The van der Waals surface area contributed by atoms with E-state index >= 15 is 0 Å². The Morgan fingerprint density at radius 1 is 0.793 bits per heavy atom. The molecule has 6 nitrogen and oxygen atoms in total. The number of piperidine rings is 1. The number of carbonyl (C=O) groups is 3. The summed E-state index contributed by atoms with van der Waals surface area (Å²) in [6.07, 6.45) is 3.53. The average molecular weight is 393 g/mol. The molecule has 2 aromatic rings. The van der Waals surface area contributed by atoms with Gasteiger partial charge in [-0.1, -0.05) is 42.5 Å². The molecule has 29 heavy (non-hydrogen) atoms. The van der Waals surface area contributed by atoms with Gasteiger partial charge in [0.15, 0.2) is 0 Å². The van der Waals surface area contributed by atoms with E-state index in [4.69, 9.17) is 0 Å². The third-order valence-corrected chi connectivity index (χ3v) is 4.96. The van der Waals surface area contributed by atoms with Gasteiger partial charge in [0.1, 0.15) is 0 Å². The Hall–Kier alpha value is -3.15. The van der Waals surface area contributed by atoms with Crippen molar-refractivity contribution in [3.63, 3.8) is 0 Å². The van der Waals surface area contributed by atoms with Gasteiger partial charge in [0.05, 0.1) is 13.0 Å². The molecule has 6 heteroatoms. The molecule has 1 saturated heterocycles. The number of likely N-dealkylation sites (tertiary alicyclic amines) is 1. The number of amides is 3. The molecular formula is C23H27N3O3. The van der Waals surface area contributed by atoms with E-state index in [0.29, 0.717) is 12.1 Å². The van der Waals surface area contributed by atoms with E-state index in [2.05, 4.69) is 10.6 Å². The van der Waals surface area contributed by atoms with Gasteiger partial charge in [-0.2, -0.15) is 0 Å². The normalized spacial score (nSPS) is 13.6. The second-order valence-corrected chi connectivity index (χ2v) is 7.27. The lowest BCUT2D eigenvalue weighted by Gasteiger charge is -2.26. The van der Waals surface area contributed by atoms with Gasteiger partial charge in [-0.15, -0.1) is 0 Å². The first-order chi connectivity index (χ1) is 14.1. The van der Waals surface area contributed by atoms with Crippen molar-refractivity contribution < 1.29 is 14.4 Å². The lowest BCUT2D eigenvalue weighted by molar-refractivity contribution is -0.125. The fourth-order valence-corrected chi connectivity index (χ4v) is 3.38. The van der Waals surface area contributed by atoms with E-state index in [-0.39, 0.29) is 30.7 Å². The maximum Gasteiger partial charge on any atom is 0.253 e. The summed E-state index contributed by atoms with van der Waals surface area (Å²) in [4.78, 5) is 38.5. The molecule has 0 unspecified atom stereocenters. The minimum atomic E-state index is -0.265. The molecule has 1 heterocycles. The third kappa shape index (κ3) is 6.45. The van der Waals surface area contributed by atoms with Crippen LogP contribution in [0.5, 0.6) is 0 Å². The van der Waals surface area contributed by atoms with Gasteiger partial charge < -0.3 is 15.5 Å². The summed E-state index contributed by atoms with van der Waals surface area (Å²) < 4.78 is 0. The van der Waals surface area contributed by atoms with Crippen LogP contribution >= 0.6 is 0 Å². The van der Waals surface area contributed by atoms with E-state index in [1.807, 2.05) is 59.5 Å². The van der Waals surface area contributed by atoms with Crippen molar-refractivity contribution >= 4 is 17.7 Å². The zero-order valence-corrected chi connectivity index (χ0v) is 16.5. The predicted octanol–water partition coefficient (Wildman–Crippen LogP) is 2.29. The number of nitrogens with one attached hydrogen (secondary N) is 2. The van der Waals surface area contributed by atoms with Crippen LogP contribution in [0, 0.1) is 0 Å². The molecule has 152 valence electrons. The van der Waals surface area contributed by atoms with Crippen LogP contribution in [0.25, 0.3) is 0 Å². The molecule has 1 aliphatic heterocycles. The van der Waals surface area contributed by atoms with Crippen molar-refractivity contribution in [2.75, 3.05) is 19.6 Å². The topological polar surface area (TPSA) is 78.5 Å². The molecule has 2 N–H and O–H groups in total. The molecule has 0 aliphatic carbocycles. The van der Waals surface area contributed by atoms with Crippen molar-refractivity contribution in [2.45, 2.75) is 32.2 Å². The predicted molar refractivity (Wildman–Crippen MR) is 111 cm³/mol. The largest absolute Gasteiger partial charge is 0.350 e. The van der Waals surface area contributed by atoms with Crippen molar-refractivity contribution in [3.05, 3.63) is 71.3 Å². The maximum absolute atomic E-state index is 12.6. The van der Waals surface area contributed by atoms with Gasteiger partial charge in [0.2, 0.25) is 11.8 Å². The van der Waals surface area contributed by atoms with Crippen LogP contribution in [0.4, 0.5) is 0 Å². The Bertz CT molecular complexity index is 845. The first-order valence-corrected chi connectivity index (χ1v) is 10.1. The van der Waals surface area contributed by atoms with E-state index in [1.165, 1.54) is 6.42 Å². The molecule has 1 fully saturated rings. The first kappa shape index (κ1) is 20.6. The average Bonchev–Trinajstić information content (AvgIpc) is 2.77. The summed E-state index contributed by atoms with van der Waals surface area (Å²) in [6, 6.07) is 16.7. The summed E-state index contributed by atoms with van der Waals surface area (Å²) in [5.41, 5.74) is 2.41. The highest BCUT2D eigenvalue weighted by molar-refractivity contribution is 5.94. The highest BCUT2D eigenvalue weighted by atomic mass is 16.2. The summed E-state index contributed by atoms with van der Waals surface area (Å²) in [7, 11) is 0. The SMILES string of the molecule is O=C(CNC(=O)Cc1ccccc1)NCc1cccc(C(=O)N2CCCCC2)c1. The molecule has 0 bridgehead atoms. The van der Waals surface area contributed by atoms with E-state index < -0.39 is 0 Å². The Morgan fingerprint density at radius 2 is 1.52 bits per heavy atom. The molecule has 3 rings (SSSR count). The fourth-order valence-electron chi connectivity index (χ4n) is 3.38. The quantitative estimate of drug-likeness (QED) is 0.758. The highest BCUT2D eigenvalue weighted by Gasteiger charge is 2.18. The van der Waals surface area contributed by atoms with Crippen molar-refractivity contribution in [1.82, 2.24) is 15.5 Å². The lowest BCUT2D eigenvalue weighted by Crippen LogP contribution is -2.37. The zero-order chi connectivity index (χ0) is 20.5. The van der Waals surface area contributed by atoms with Crippen LogP contribution in [0.15, 0.2) is 54.6 Å². The molecule has 0 aromatic heterocycles. The number of hydrogen-bond acceptors (Lipinski definition) is 3. The van der Waals surface area contributed by atoms with Crippen LogP contribution in [0.2, 0.25) is 0 Å². The van der Waals surface area contributed by atoms with Crippen LogP contribution in [0.1, 0.15) is 40.7 Å². The summed E-state index contributed by atoms with van der Waals surface area (Å²) in [5.74, 6) is -0.411. The number of hydrogen-bond donors (Lipinski definition) is 2. The lowest BCUT2D eigenvalue weighted by atomic mass is 10.1. The zero-order valence-electron chi connectivity index (χ0n) is 16.5. The van der Waals surface area contributed by atoms with Crippen molar-refractivity contribution in [2.24, 2.45) is 0 Å². The number of nitrogens with zero attached hydrogens (tertiary/aromatic N) is 1. The van der Waals surface area contributed by atoms with Gasteiger partial charge >= 0.3 is 0 Å². The van der Waals surface area contributed by atoms with Gasteiger partial charge in [-0.05, 0) is 42.5 Å². The molecule has 2 aromatic carbocycles. The molecule has 0 atom stereocenters. The van der Waals surface area contributed by atoms with Crippen LogP contribution in [0.3, 0.4) is 0 Å². The second kappa shape index (κ2) is 10.4. The highest BCUT2D eigenvalue weighted by Crippen LogP contribution is 2.14. The Balaban J connectivity index is 1.44. The monoisotopic (exact) mass is 393 g/mol. The fraction of sp³-hybridized carbons (Fsp3) is 0.348. The smallest absolute Gasteiger partial charge is 0.253 e. The summed E-state index contributed by atoms with van der Waals surface area (Å²) in [6.45, 7) is 1.86. The maximum atomic E-state index is 12.6. The second-order valence-electron chi connectivity index (χ2n) is 7.27. The molecule has 0 saturated carbocycles. The van der Waals surface area contributed by atoms with Crippen LogP contribution in [-0.2, 0) is 22.6 Å². The van der Waals surface area contributed by atoms with E-state index in [1.54, 1.807) is 0 Å². The number of carbonyl (C=O) groups excluding carboxylic acids is 3. The van der Waals surface area contributed by atoms with Crippen LogP contribution in [-0.4, -0.2) is 42.3 Å². The van der Waals surface area contributed by atoms with Gasteiger partial charge in [0.25, 0.3) is 5.91 Å². The molecule has 1 aliphatic rings. The standard InChI is InChI=1S/C23H27N3O3/c27-21(15-18-8-3-1-4-9-18)25-17-22(28)24-16-19-10-7-11-20(14-19)23(29)26-12-5-2-6-13-26/h1,3-4,7-11,14H,2,5-6,12-13,15-17H2,(H,24,28)(H,25,27). The minimum Gasteiger partial charge on any atom is -0.350 e. The summed E-state index contributed by atoms with van der Waals surface area (Å²) >= 11 is 0. The minimum absolute atomic E-state index is 0.0473. The Kier molecular flexibility index (Phi) is 7.39. The van der Waals surface area contributed by atoms with Gasteiger partial charge in [-0.25, -0.2) is 0 Å². The Morgan fingerprint density at radius 3 is 2.28 bits per heavy atom. The van der Waals surface area contributed by atoms with E-state index in [9.17, 15) is 14.4 Å². The number of rotatable bonds is 7. The molecule has 3 amide bonds. The van der Waals surface area contributed by atoms with Crippen LogP contribution < -0.4 is 10.6 Å². The Labute approximate surface area is 171 Å². The van der Waals surface area contributed by atoms with E-state index in [0.717, 1.165) is 37.1 Å². The molecule has 0 radical (unpaired) electrons. The molecular weight excluding hydrogens is 366 g/mol. The third-order valence-electron chi connectivity index (χ3n) is 4.96. The molecule has 0 spiro atoms. The van der Waals surface area contributed by atoms with Crippen molar-refractivity contribution in [3.8, 4) is 0 Å². The van der Waals surface area contributed by atoms with Gasteiger partial charge in [-0.3, -0.25) is 14.4 Å². The number of benzene rings is 2. The first-order valence-electron chi connectivity index (χ1n) is 10.1.